The summed E-state index contributed by atoms with van der Waals surface area (Å²) in [5.74, 6) is 0.699. The Labute approximate surface area is 181 Å². The van der Waals surface area contributed by atoms with Gasteiger partial charge in [-0.1, -0.05) is 35.9 Å². The Morgan fingerprint density at radius 3 is 2.90 bits per heavy atom. The van der Waals surface area contributed by atoms with E-state index in [1.165, 1.54) is 18.1 Å². The Balaban J connectivity index is 1.51. The molecule has 2 aromatic rings. The third kappa shape index (κ3) is 5.02. The molecule has 158 valence electrons. The monoisotopic (exact) mass is 428 g/mol. The third-order valence-corrected chi connectivity index (χ3v) is 5.88. The summed E-state index contributed by atoms with van der Waals surface area (Å²) >= 11 is 6.48. The summed E-state index contributed by atoms with van der Waals surface area (Å²) in [6.07, 6.45) is 2.55. The fourth-order valence-corrected chi connectivity index (χ4v) is 4.24. The number of hydrogen-bond donors (Lipinski definition) is 0. The molecule has 0 spiro atoms. The molecule has 0 aromatic heterocycles. The number of ketones is 1. The van der Waals surface area contributed by atoms with Crippen molar-refractivity contribution in [2.75, 3.05) is 13.2 Å². The lowest BCUT2D eigenvalue weighted by atomic mass is 9.94. The molecule has 0 N–H and O–H groups in total. The number of rotatable bonds is 5. The number of carbonyl (C=O) groups is 2. The Kier molecular flexibility index (Phi) is 6.40. The fraction of sp³-hybridized carbons (Fsp3) is 0.417. The topological polar surface area (TPSA) is 61.8 Å². The molecule has 2 aliphatic heterocycles. The number of fused-ring (bicyclic) bond motifs is 1. The van der Waals surface area contributed by atoms with Gasteiger partial charge in [0.25, 0.3) is 0 Å². The molecule has 2 aliphatic rings. The molecule has 0 bridgehead atoms. The van der Waals surface area contributed by atoms with Crippen LogP contribution in [0.3, 0.4) is 0 Å². The van der Waals surface area contributed by atoms with Gasteiger partial charge in [-0.05, 0) is 53.6 Å². The van der Waals surface area contributed by atoms with E-state index in [2.05, 4.69) is 12.1 Å². The van der Waals surface area contributed by atoms with Crippen LogP contribution >= 0.6 is 11.6 Å². The smallest absolute Gasteiger partial charge is 0.302 e. The second-order valence-electron chi connectivity index (χ2n) is 7.92. The van der Waals surface area contributed by atoms with E-state index in [9.17, 15) is 9.59 Å². The van der Waals surface area contributed by atoms with Crippen molar-refractivity contribution in [3.05, 3.63) is 63.7 Å². The highest BCUT2D eigenvalue weighted by molar-refractivity contribution is 6.31. The highest BCUT2D eigenvalue weighted by Gasteiger charge is 2.30. The van der Waals surface area contributed by atoms with Crippen molar-refractivity contribution in [2.24, 2.45) is 0 Å². The number of aryl methyl sites for hydroxylation is 1. The van der Waals surface area contributed by atoms with E-state index in [4.69, 9.17) is 25.8 Å². The van der Waals surface area contributed by atoms with Crippen molar-refractivity contribution in [1.82, 2.24) is 0 Å². The van der Waals surface area contributed by atoms with Gasteiger partial charge in [-0.3, -0.25) is 9.59 Å². The molecular weight excluding hydrogens is 404 g/mol. The van der Waals surface area contributed by atoms with Gasteiger partial charge < -0.3 is 14.2 Å². The van der Waals surface area contributed by atoms with Gasteiger partial charge in [-0.2, -0.15) is 0 Å². The van der Waals surface area contributed by atoms with Gasteiger partial charge >= 0.3 is 5.97 Å². The molecule has 0 amide bonds. The lowest BCUT2D eigenvalue weighted by molar-refractivity contribution is -0.155. The quantitative estimate of drug-likeness (QED) is 0.651. The van der Waals surface area contributed by atoms with Crippen LogP contribution in [0.5, 0.6) is 5.75 Å². The zero-order valence-corrected chi connectivity index (χ0v) is 17.7. The standard InChI is InChI=1S/C24H25ClO5/c1-15(26)29-14-21-12-20(27)13-24(30-21)18-5-6-22(25)19(11-18)10-16-4-7-23-17(9-16)3-2-8-28-23/h4-7,9,11,21,24H,2-3,8,10,12-14H2,1H3/t21?,24-/m1/s1. The third-order valence-electron chi connectivity index (χ3n) is 5.51. The average molecular weight is 429 g/mol. The summed E-state index contributed by atoms with van der Waals surface area (Å²) in [5, 5.41) is 0.686. The molecule has 2 atom stereocenters. The Morgan fingerprint density at radius 2 is 2.07 bits per heavy atom. The SMILES string of the molecule is CC(=O)OCC1CC(=O)C[C@H](c2ccc(Cl)c(Cc3ccc4c(c3)CCCO4)c2)O1. The Morgan fingerprint density at radius 1 is 1.20 bits per heavy atom. The molecule has 0 saturated carbocycles. The largest absolute Gasteiger partial charge is 0.493 e. The lowest BCUT2D eigenvalue weighted by Crippen LogP contribution is -2.32. The van der Waals surface area contributed by atoms with Gasteiger partial charge in [-0.15, -0.1) is 0 Å². The number of hydrogen-bond acceptors (Lipinski definition) is 5. The van der Waals surface area contributed by atoms with E-state index in [0.29, 0.717) is 17.9 Å². The first kappa shape index (κ1) is 20.9. The van der Waals surface area contributed by atoms with Gasteiger partial charge in [0.05, 0.1) is 18.8 Å². The molecule has 4 rings (SSSR count). The zero-order chi connectivity index (χ0) is 21.1. The number of ether oxygens (including phenoxy) is 3. The molecular formula is C24H25ClO5. The maximum absolute atomic E-state index is 12.2. The Bertz CT molecular complexity index is 955. The van der Waals surface area contributed by atoms with Crippen LogP contribution in [0.4, 0.5) is 0 Å². The summed E-state index contributed by atoms with van der Waals surface area (Å²) < 4.78 is 16.8. The molecule has 0 aliphatic carbocycles. The summed E-state index contributed by atoms with van der Waals surface area (Å²) in [4.78, 5) is 23.3. The van der Waals surface area contributed by atoms with Crippen LogP contribution in [0, 0.1) is 0 Å². The van der Waals surface area contributed by atoms with Gasteiger partial charge in [-0.25, -0.2) is 0 Å². The lowest BCUT2D eigenvalue weighted by Gasteiger charge is -2.29. The minimum absolute atomic E-state index is 0.0925. The van der Waals surface area contributed by atoms with Crippen LogP contribution in [-0.2, 0) is 31.9 Å². The number of esters is 1. The normalized spacial score (nSPS) is 20.9. The zero-order valence-electron chi connectivity index (χ0n) is 17.0. The van der Waals surface area contributed by atoms with Crippen molar-refractivity contribution < 1.29 is 23.8 Å². The van der Waals surface area contributed by atoms with Crippen molar-refractivity contribution in [2.45, 2.75) is 51.2 Å². The molecule has 2 heterocycles. The van der Waals surface area contributed by atoms with Crippen LogP contribution in [0.2, 0.25) is 5.02 Å². The Hall–Kier alpha value is -2.37. The van der Waals surface area contributed by atoms with E-state index in [0.717, 1.165) is 36.3 Å². The van der Waals surface area contributed by atoms with Gasteiger partial charge in [0.2, 0.25) is 0 Å². The predicted octanol–water partition coefficient (Wildman–Crippen LogP) is 4.61. The minimum Gasteiger partial charge on any atom is -0.493 e. The minimum atomic E-state index is -0.417. The van der Waals surface area contributed by atoms with Crippen molar-refractivity contribution in [1.29, 1.82) is 0 Å². The molecule has 1 unspecified atom stereocenters. The van der Waals surface area contributed by atoms with Gasteiger partial charge in [0, 0.05) is 24.8 Å². The molecule has 5 nitrogen and oxygen atoms in total. The maximum Gasteiger partial charge on any atom is 0.302 e. The fourth-order valence-electron chi connectivity index (χ4n) is 4.05. The number of halogens is 1. The van der Waals surface area contributed by atoms with Crippen molar-refractivity contribution in [3.63, 3.8) is 0 Å². The average Bonchev–Trinajstić information content (AvgIpc) is 2.73. The predicted molar refractivity (Wildman–Crippen MR) is 113 cm³/mol. The molecule has 6 heteroatoms. The molecule has 1 saturated heterocycles. The van der Waals surface area contributed by atoms with Crippen LogP contribution in [0.1, 0.15) is 54.5 Å². The highest BCUT2D eigenvalue weighted by Crippen LogP contribution is 2.33. The van der Waals surface area contributed by atoms with Crippen LogP contribution in [0.15, 0.2) is 36.4 Å². The van der Waals surface area contributed by atoms with E-state index in [-0.39, 0.29) is 30.9 Å². The van der Waals surface area contributed by atoms with Crippen LogP contribution in [-0.4, -0.2) is 31.1 Å². The molecule has 30 heavy (non-hydrogen) atoms. The highest BCUT2D eigenvalue weighted by atomic mass is 35.5. The number of Topliss-reactive ketones (excluding diaryl/α,β-unsaturated/α-hetero) is 1. The first-order chi connectivity index (χ1) is 14.5. The van der Waals surface area contributed by atoms with Crippen molar-refractivity contribution >= 4 is 23.4 Å². The summed E-state index contributed by atoms with van der Waals surface area (Å²) in [5.41, 5.74) is 4.31. The van der Waals surface area contributed by atoms with Gasteiger partial charge in [0.15, 0.2) is 0 Å². The first-order valence-electron chi connectivity index (χ1n) is 10.3. The second kappa shape index (κ2) is 9.19. The second-order valence-corrected chi connectivity index (χ2v) is 8.33. The van der Waals surface area contributed by atoms with Gasteiger partial charge in [0.1, 0.15) is 18.1 Å². The van der Waals surface area contributed by atoms with E-state index in [1.807, 2.05) is 24.3 Å². The maximum atomic E-state index is 12.2. The number of carbonyl (C=O) groups excluding carboxylic acids is 2. The number of benzene rings is 2. The van der Waals surface area contributed by atoms with Crippen molar-refractivity contribution in [3.8, 4) is 5.75 Å². The molecule has 1 fully saturated rings. The van der Waals surface area contributed by atoms with E-state index in [1.54, 1.807) is 0 Å². The first-order valence-corrected chi connectivity index (χ1v) is 10.7. The van der Waals surface area contributed by atoms with E-state index >= 15 is 0 Å². The van der Waals surface area contributed by atoms with Crippen LogP contribution < -0.4 is 4.74 Å². The summed E-state index contributed by atoms with van der Waals surface area (Å²) in [7, 11) is 0. The summed E-state index contributed by atoms with van der Waals surface area (Å²) in [6, 6.07) is 12.1. The van der Waals surface area contributed by atoms with Crippen LogP contribution in [0.25, 0.3) is 0 Å². The van der Waals surface area contributed by atoms with E-state index < -0.39 is 6.10 Å². The molecule has 0 radical (unpaired) electrons. The summed E-state index contributed by atoms with van der Waals surface area (Å²) in [6.45, 7) is 2.22. The molecule has 2 aromatic carbocycles.